The van der Waals surface area contributed by atoms with Crippen molar-refractivity contribution in [3.05, 3.63) is 12.2 Å². The lowest BCUT2D eigenvalue weighted by atomic mass is 9.84. The molecule has 0 heterocycles. The zero-order chi connectivity index (χ0) is 19.2. The Morgan fingerprint density at radius 1 is 1.04 bits per heavy atom. The van der Waals surface area contributed by atoms with Gasteiger partial charge in [0.05, 0.1) is 5.92 Å². The first kappa shape index (κ1) is 21.6. The monoisotopic (exact) mass is 402 g/mol. The van der Waals surface area contributed by atoms with Crippen molar-refractivity contribution < 1.29 is 28.0 Å². The van der Waals surface area contributed by atoms with E-state index in [1.54, 1.807) is 0 Å². The molecular weight excluding hydrogens is 372 g/mol. The maximum Gasteiger partial charge on any atom is 0.500 e. The van der Waals surface area contributed by atoms with Gasteiger partial charge in [-0.05, 0) is 45.4 Å². The molecule has 148 valence electrons. The van der Waals surface area contributed by atoms with Crippen molar-refractivity contribution >= 4 is 31.7 Å². The molecule has 4 unspecified atom stereocenters. The van der Waals surface area contributed by atoms with E-state index in [0.717, 1.165) is 12.8 Å². The number of allylic oxidation sites excluding steroid dienone is 2. The van der Waals surface area contributed by atoms with Gasteiger partial charge in [0.1, 0.15) is 0 Å². The minimum atomic E-state index is -2.67. The van der Waals surface area contributed by atoms with E-state index in [1.807, 2.05) is 32.9 Å². The van der Waals surface area contributed by atoms with E-state index in [0.29, 0.717) is 31.6 Å². The molecule has 8 heteroatoms. The first-order valence-electron chi connectivity index (χ1n) is 9.47. The molecule has 2 rings (SSSR count). The highest BCUT2D eigenvalue weighted by atomic mass is 32.2. The summed E-state index contributed by atoms with van der Waals surface area (Å²) in [7, 11) is -2.67. The molecule has 0 spiro atoms. The van der Waals surface area contributed by atoms with E-state index in [4.69, 9.17) is 13.3 Å². The second-order valence-corrected chi connectivity index (χ2v) is 10.4. The fourth-order valence-corrected chi connectivity index (χ4v) is 7.91. The van der Waals surface area contributed by atoms with Crippen LogP contribution in [0.4, 0.5) is 0 Å². The number of carbonyl (C=O) groups excluding carboxylic acids is 1. The number of hydrogen-bond donors (Lipinski definition) is 1. The fourth-order valence-electron chi connectivity index (χ4n) is 4.04. The standard InChI is InChI=1S/C18H30O6SSi/c1-4-22-26(23-5-2,24-6-3)11-7-10-25-18(21)16-14-9-8-13(12-14)15(16)17(19)20/h8-9,13-16H,4-7,10-12H2,1-3H3,(H,19,20). The van der Waals surface area contributed by atoms with Gasteiger partial charge in [-0.2, -0.15) is 0 Å². The Bertz CT molecular complexity index is 509. The molecule has 0 radical (unpaired) electrons. The summed E-state index contributed by atoms with van der Waals surface area (Å²) in [5.74, 6) is -1.07. The molecule has 0 saturated heterocycles. The topological polar surface area (TPSA) is 82.1 Å². The van der Waals surface area contributed by atoms with Crippen LogP contribution in [-0.4, -0.2) is 50.6 Å². The van der Waals surface area contributed by atoms with E-state index >= 15 is 0 Å². The van der Waals surface area contributed by atoms with Crippen LogP contribution < -0.4 is 0 Å². The first-order chi connectivity index (χ1) is 12.5. The molecule has 6 nitrogen and oxygen atoms in total. The molecule has 4 atom stereocenters. The smallest absolute Gasteiger partial charge is 0.481 e. The van der Waals surface area contributed by atoms with Gasteiger partial charge in [-0.25, -0.2) is 0 Å². The van der Waals surface area contributed by atoms with Crippen LogP contribution in [0.2, 0.25) is 6.04 Å². The number of fused-ring (bicyclic) bond motifs is 2. The lowest BCUT2D eigenvalue weighted by molar-refractivity contribution is -0.146. The third-order valence-corrected chi connectivity index (χ3v) is 9.18. The number of carboxylic acid groups (broad SMARTS) is 1. The van der Waals surface area contributed by atoms with Crippen LogP contribution in [0.1, 0.15) is 33.6 Å². The summed E-state index contributed by atoms with van der Waals surface area (Å²) in [5.41, 5.74) is 0. The minimum Gasteiger partial charge on any atom is -0.481 e. The molecule has 1 saturated carbocycles. The van der Waals surface area contributed by atoms with Crippen molar-refractivity contribution in [1.82, 2.24) is 0 Å². The van der Waals surface area contributed by atoms with E-state index in [9.17, 15) is 14.7 Å². The zero-order valence-electron chi connectivity index (χ0n) is 15.8. The van der Waals surface area contributed by atoms with E-state index in [2.05, 4.69) is 0 Å². The van der Waals surface area contributed by atoms with Crippen LogP contribution in [-0.2, 0) is 22.9 Å². The van der Waals surface area contributed by atoms with Crippen LogP contribution in [0.3, 0.4) is 0 Å². The molecule has 0 aliphatic heterocycles. The normalized spacial score (nSPS) is 27.2. The Labute approximate surface area is 161 Å². The molecule has 0 aromatic heterocycles. The molecule has 0 aromatic carbocycles. The summed E-state index contributed by atoms with van der Waals surface area (Å²) < 4.78 is 17.5. The van der Waals surface area contributed by atoms with Crippen LogP contribution >= 0.6 is 11.8 Å². The lowest BCUT2D eigenvalue weighted by Gasteiger charge is -2.28. The van der Waals surface area contributed by atoms with E-state index in [1.165, 1.54) is 11.8 Å². The van der Waals surface area contributed by atoms with Crippen molar-refractivity contribution in [3.8, 4) is 0 Å². The maximum absolute atomic E-state index is 12.6. The maximum atomic E-state index is 12.6. The summed E-state index contributed by atoms with van der Waals surface area (Å²) in [5, 5.41) is 9.48. The van der Waals surface area contributed by atoms with Gasteiger partial charge in [0.25, 0.3) is 0 Å². The molecule has 26 heavy (non-hydrogen) atoms. The quantitative estimate of drug-likeness (QED) is 0.305. The van der Waals surface area contributed by atoms with Crippen molar-refractivity contribution in [2.75, 3.05) is 25.6 Å². The van der Waals surface area contributed by atoms with E-state index in [-0.39, 0.29) is 22.9 Å². The van der Waals surface area contributed by atoms with Crippen LogP contribution in [0.5, 0.6) is 0 Å². The van der Waals surface area contributed by atoms with Crippen molar-refractivity contribution in [1.29, 1.82) is 0 Å². The Morgan fingerprint density at radius 3 is 2.08 bits per heavy atom. The van der Waals surface area contributed by atoms with Crippen molar-refractivity contribution in [2.45, 2.75) is 39.7 Å². The second kappa shape index (κ2) is 10.0. The summed E-state index contributed by atoms with van der Waals surface area (Å²) in [6.45, 7) is 7.38. The van der Waals surface area contributed by atoms with Gasteiger partial charge in [0, 0.05) is 37.5 Å². The lowest BCUT2D eigenvalue weighted by Crippen LogP contribution is -2.46. The van der Waals surface area contributed by atoms with Crippen LogP contribution in [0, 0.1) is 23.7 Å². The van der Waals surface area contributed by atoms with Crippen molar-refractivity contribution in [2.24, 2.45) is 23.7 Å². The Kier molecular flexibility index (Phi) is 8.34. The molecule has 2 bridgehead atoms. The number of hydrogen-bond acceptors (Lipinski definition) is 6. The average Bonchev–Trinajstić information content (AvgIpc) is 3.20. The van der Waals surface area contributed by atoms with Gasteiger partial charge >= 0.3 is 14.8 Å². The van der Waals surface area contributed by atoms with Gasteiger partial charge in [-0.15, -0.1) is 0 Å². The molecule has 1 N–H and O–H groups in total. The third kappa shape index (κ3) is 4.98. The van der Waals surface area contributed by atoms with Gasteiger partial charge in [-0.3, -0.25) is 9.59 Å². The summed E-state index contributed by atoms with van der Waals surface area (Å²) in [4.78, 5) is 24.2. The highest BCUT2D eigenvalue weighted by Crippen LogP contribution is 2.49. The number of carboxylic acids is 1. The largest absolute Gasteiger partial charge is 0.500 e. The summed E-state index contributed by atoms with van der Waals surface area (Å²) in [6.07, 6.45) is 5.52. The predicted octanol–water partition coefficient (Wildman–Crippen LogP) is 3.21. The van der Waals surface area contributed by atoms with Crippen LogP contribution in [0.15, 0.2) is 12.2 Å². The van der Waals surface area contributed by atoms with Gasteiger partial charge in [0.2, 0.25) is 0 Å². The van der Waals surface area contributed by atoms with Gasteiger partial charge < -0.3 is 18.4 Å². The molecular formula is C18H30O6SSi. The number of carbonyl (C=O) groups is 2. The molecule has 2 aliphatic carbocycles. The molecule has 1 fully saturated rings. The molecule has 0 amide bonds. The summed E-state index contributed by atoms with van der Waals surface area (Å²) in [6, 6.07) is 0.668. The molecule has 0 aromatic rings. The first-order valence-corrected chi connectivity index (χ1v) is 12.4. The predicted molar refractivity (Wildman–Crippen MR) is 103 cm³/mol. The number of rotatable bonds is 12. The minimum absolute atomic E-state index is 0.00532. The molecule has 2 aliphatic rings. The number of thioether (sulfide) groups is 1. The Hall–Kier alpha value is -0.673. The summed E-state index contributed by atoms with van der Waals surface area (Å²) >= 11 is 1.25. The van der Waals surface area contributed by atoms with Crippen LogP contribution in [0.25, 0.3) is 0 Å². The van der Waals surface area contributed by atoms with E-state index < -0.39 is 20.7 Å². The Balaban J connectivity index is 1.85. The highest BCUT2D eigenvalue weighted by Gasteiger charge is 2.51. The van der Waals surface area contributed by atoms with Gasteiger partial charge in [0.15, 0.2) is 5.12 Å². The van der Waals surface area contributed by atoms with Gasteiger partial charge in [-0.1, -0.05) is 23.9 Å². The van der Waals surface area contributed by atoms with Crippen molar-refractivity contribution in [3.63, 3.8) is 0 Å². The fraction of sp³-hybridized carbons (Fsp3) is 0.778. The third-order valence-electron chi connectivity index (χ3n) is 4.98. The average molecular weight is 403 g/mol. The number of aliphatic carboxylic acids is 1. The Morgan fingerprint density at radius 2 is 1.58 bits per heavy atom. The second-order valence-electron chi connectivity index (χ2n) is 6.59. The highest BCUT2D eigenvalue weighted by molar-refractivity contribution is 8.13. The SMILES string of the molecule is CCO[Si](CCCSC(=O)C1C2C=CC(C2)C1C(=O)O)(OCC)OCC. The zero-order valence-corrected chi connectivity index (χ0v) is 17.6.